The van der Waals surface area contributed by atoms with E-state index in [1.165, 1.54) is 12.1 Å². The van der Waals surface area contributed by atoms with Crippen molar-refractivity contribution in [2.24, 2.45) is 0 Å². The van der Waals surface area contributed by atoms with Crippen molar-refractivity contribution in [2.45, 2.75) is 43.5 Å². The normalized spacial score (nSPS) is 26.8. The summed E-state index contributed by atoms with van der Waals surface area (Å²) < 4.78 is 30.0. The van der Waals surface area contributed by atoms with E-state index in [2.05, 4.69) is 0 Å². The number of fused-ring (bicyclic) bond motifs is 1. The molecule has 4 N–H and O–H groups in total. The van der Waals surface area contributed by atoms with Gasteiger partial charge in [-0.2, -0.15) is 0 Å². The van der Waals surface area contributed by atoms with Gasteiger partial charge in [0.2, 0.25) is 6.29 Å². The average molecular weight is 418 g/mol. The molecule has 1 aromatic heterocycles. The molecular formula is C22H23FO7. The summed E-state index contributed by atoms with van der Waals surface area (Å²) in [7, 11) is 0. The molecule has 8 heteroatoms. The van der Waals surface area contributed by atoms with Crippen LogP contribution in [0.1, 0.15) is 11.1 Å². The fourth-order valence-corrected chi connectivity index (χ4v) is 3.62. The summed E-state index contributed by atoms with van der Waals surface area (Å²) >= 11 is 0. The number of halogens is 1. The molecule has 2 heterocycles. The van der Waals surface area contributed by atoms with Gasteiger partial charge in [0.1, 0.15) is 41.6 Å². The molecule has 2 aromatic carbocycles. The Morgan fingerprint density at radius 2 is 1.70 bits per heavy atom. The van der Waals surface area contributed by atoms with Crippen molar-refractivity contribution in [1.82, 2.24) is 0 Å². The summed E-state index contributed by atoms with van der Waals surface area (Å²) in [6.07, 6.45) is -3.96. The standard InChI is InChI=1S/C22H23FO7/c23-14-8-5-12(6-9-14)4-7-13-11-28-15-2-1-3-16(18(13)15)29-22-21(27)20(26)19(25)17(10-24)30-22/h1-3,5-6,8-9,11,17,19-22,24-27H,4,7,10H2/t17-,19-,20+,21-,22-/m1/s1. The molecule has 1 saturated heterocycles. The smallest absolute Gasteiger partial charge is 0.229 e. The number of aliphatic hydroxyl groups excluding tert-OH is 4. The second-order valence-corrected chi connectivity index (χ2v) is 7.33. The zero-order valence-corrected chi connectivity index (χ0v) is 16.0. The van der Waals surface area contributed by atoms with Gasteiger partial charge in [-0.3, -0.25) is 0 Å². The van der Waals surface area contributed by atoms with Gasteiger partial charge >= 0.3 is 0 Å². The number of aryl methyl sites for hydroxylation is 2. The van der Waals surface area contributed by atoms with Crippen LogP contribution < -0.4 is 4.74 Å². The summed E-state index contributed by atoms with van der Waals surface area (Å²) in [6, 6.07) is 11.4. The van der Waals surface area contributed by atoms with Crippen molar-refractivity contribution in [3.05, 3.63) is 65.7 Å². The van der Waals surface area contributed by atoms with Crippen molar-refractivity contribution in [1.29, 1.82) is 0 Å². The predicted molar refractivity (Wildman–Crippen MR) is 104 cm³/mol. The first-order chi connectivity index (χ1) is 14.5. The molecule has 3 aromatic rings. The summed E-state index contributed by atoms with van der Waals surface area (Å²) in [5.41, 5.74) is 2.40. The van der Waals surface area contributed by atoms with Gasteiger partial charge in [-0.1, -0.05) is 18.2 Å². The van der Waals surface area contributed by atoms with Crippen LogP contribution in [0.4, 0.5) is 4.39 Å². The van der Waals surface area contributed by atoms with Gasteiger partial charge in [-0.15, -0.1) is 0 Å². The van der Waals surface area contributed by atoms with Crippen molar-refractivity contribution in [3.63, 3.8) is 0 Å². The van der Waals surface area contributed by atoms with E-state index in [0.29, 0.717) is 29.6 Å². The summed E-state index contributed by atoms with van der Waals surface area (Å²) in [5.74, 6) is 0.0856. The molecule has 0 amide bonds. The fourth-order valence-electron chi connectivity index (χ4n) is 3.62. The molecule has 0 spiro atoms. The van der Waals surface area contributed by atoms with Gasteiger partial charge in [0.25, 0.3) is 0 Å². The Morgan fingerprint density at radius 1 is 0.933 bits per heavy atom. The highest BCUT2D eigenvalue weighted by Crippen LogP contribution is 2.34. The van der Waals surface area contributed by atoms with Crippen molar-refractivity contribution in [2.75, 3.05) is 6.61 Å². The molecule has 0 radical (unpaired) electrons. The van der Waals surface area contributed by atoms with E-state index >= 15 is 0 Å². The number of ether oxygens (including phenoxy) is 2. The van der Waals surface area contributed by atoms with Crippen LogP contribution in [-0.4, -0.2) is 57.7 Å². The monoisotopic (exact) mass is 418 g/mol. The van der Waals surface area contributed by atoms with E-state index in [1.54, 1.807) is 36.6 Å². The third-order valence-corrected chi connectivity index (χ3v) is 5.33. The number of hydrogen-bond donors (Lipinski definition) is 4. The molecule has 0 unspecified atom stereocenters. The first-order valence-corrected chi connectivity index (χ1v) is 9.68. The lowest BCUT2D eigenvalue weighted by molar-refractivity contribution is -0.277. The molecule has 0 aliphatic carbocycles. The van der Waals surface area contributed by atoms with Crippen LogP contribution in [0.5, 0.6) is 5.75 Å². The van der Waals surface area contributed by atoms with Crippen LogP contribution in [0.15, 0.2) is 53.1 Å². The quantitative estimate of drug-likeness (QED) is 0.480. The Balaban J connectivity index is 1.57. The van der Waals surface area contributed by atoms with Gasteiger partial charge in [0.15, 0.2) is 0 Å². The van der Waals surface area contributed by atoms with Crippen LogP contribution in [0, 0.1) is 5.82 Å². The Hall–Kier alpha value is -2.49. The van der Waals surface area contributed by atoms with Crippen LogP contribution >= 0.6 is 0 Å². The molecule has 160 valence electrons. The van der Waals surface area contributed by atoms with Crippen molar-refractivity contribution >= 4 is 11.0 Å². The first-order valence-electron chi connectivity index (χ1n) is 9.68. The fraction of sp³-hybridized carbons (Fsp3) is 0.364. The third kappa shape index (κ3) is 4.05. The number of aliphatic hydroxyl groups is 4. The predicted octanol–water partition coefficient (Wildman–Crippen LogP) is 1.54. The summed E-state index contributed by atoms with van der Waals surface area (Å²) in [6.45, 7) is -0.538. The topological polar surface area (TPSA) is 113 Å². The van der Waals surface area contributed by atoms with Gasteiger partial charge in [-0.25, -0.2) is 4.39 Å². The Kier molecular flexibility index (Phi) is 6.03. The second kappa shape index (κ2) is 8.71. The van der Waals surface area contributed by atoms with Crippen molar-refractivity contribution in [3.8, 4) is 5.75 Å². The highest BCUT2D eigenvalue weighted by atomic mass is 19.1. The van der Waals surface area contributed by atoms with E-state index in [9.17, 15) is 24.8 Å². The van der Waals surface area contributed by atoms with Gasteiger partial charge < -0.3 is 34.3 Å². The second-order valence-electron chi connectivity index (χ2n) is 7.33. The molecule has 0 saturated carbocycles. The molecule has 4 rings (SSSR count). The number of rotatable bonds is 6. The van der Waals surface area contributed by atoms with E-state index in [-0.39, 0.29) is 5.82 Å². The van der Waals surface area contributed by atoms with Crippen LogP contribution in [-0.2, 0) is 17.6 Å². The van der Waals surface area contributed by atoms with Gasteiger partial charge in [0.05, 0.1) is 18.3 Å². The molecule has 30 heavy (non-hydrogen) atoms. The first kappa shape index (κ1) is 20.8. The van der Waals surface area contributed by atoms with E-state index < -0.39 is 37.3 Å². The van der Waals surface area contributed by atoms with Crippen LogP contribution in [0.25, 0.3) is 11.0 Å². The highest BCUT2D eigenvalue weighted by molar-refractivity contribution is 5.87. The molecule has 1 fully saturated rings. The van der Waals surface area contributed by atoms with Crippen LogP contribution in [0.2, 0.25) is 0 Å². The zero-order chi connectivity index (χ0) is 21.3. The minimum absolute atomic E-state index is 0.289. The minimum Gasteiger partial charge on any atom is -0.464 e. The molecular weight excluding hydrogens is 395 g/mol. The largest absolute Gasteiger partial charge is 0.464 e. The Bertz CT molecular complexity index is 985. The number of hydrogen-bond acceptors (Lipinski definition) is 7. The van der Waals surface area contributed by atoms with Crippen molar-refractivity contribution < 1.29 is 38.7 Å². The highest BCUT2D eigenvalue weighted by Gasteiger charge is 2.44. The van der Waals surface area contributed by atoms with E-state index in [1.807, 2.05) is 0 Å². The molecule has 0 bridgehead atoms. The Labute approximate surface area is 171 Å². The maximum Gasteiger partial charge on any atom is 0.229 e. The molecule has 1 aliphatic rings. The SMILES string of the molecule is OC[C@H]1O[C@@H](Oc2cccc3occ(CCc4ccc(F)cc4)c23)[C@H](O)[C@@H](O)[C@@H]1O. The Morgan fingerprint density at radius 3 is 2.43 bits per heavy atom. The maximum absolute atomic E-state index is 13.1. The maximum atomic E-state index is 13.1. The molecule has 7 nitrogen and oxygen atoms in total. The lowest BCUT2D eigenvalue weighted by atomic mass is 9.99. The molecule has 5 atom stereocenters. The lowest BCUT2D eigenvalue weighted by Gasteiger charge is -2.39. The third-order valence-electron chi connectivity index (χ3n) is 5.33. The zero-order valence-electron chi connectivity index (χ0n) is 16.0. The average Bonchev–Trinajstić information content (AvgIpc) is 3.18. The lowest BCUT2D eigenvalue weighted by Crippen LogP contribution is -2.60. The summed E-state index contributed by atoms with van der Waals surface area (Å²) in [5, 5.41) is 40.2. The van der Waals surface area contributed by atoms with Gasteiger partial charge in [0, 0.05) is 5.56 Å². The van der Waals surface area contributed by atoms with Crippen LogP contribution in [0.3, 0.4) is 0 Å². The van der Waals surface area contributed by atoms with Gasteiger partial charge in [-0.05, 0) is 42.7 Å². The minimum atomic E-state index is -1.53. The summed E-state index contributed by atoms with van der Waals surface area (Å²) in [4.78, 5) is 0. The molecule has 1 aliphatic heterocycles. The number of furan rings is 1. The van der Waals surface area contributed by atoms with E-state index in [0.717, 1.165) is 11.1 Å². The number of benzene rings is 2. The van der Waals surface area contributed by atoms with E-state index in [4.69, 9.17) is 13.9 Å².